The fourth-order valence-electron chi connectivity index (χ4n) is 2.04. The number of thioether (sulfide) groups is 1. The highest BCUT2D eigenvalue weighted by Crippen LogP contribution is 2.25. The number of hydrogen-bond acceptors (Lipinski definition) is 4. The molecule has 1 heterocycles. The van der Waals surface area contributed by atoms with Gasteiger partial charge in [0.2, 0.25) is 0 Å². The molecule has 0 atom stereocenters. The molecule has 108 valence electrons. The van der Waals surface area contributed by atoms with Crippen molar-refractivity contribution in [2.75, 3.05) is 18.0 Å². The fraction of sp³-hybridized carbons (Fsp3) is 0.429. The molecule has 1 saturated heterocycles. The molecular formula is C14H19N3O2S. The normalized spacial score (nSPS) is 17.4. The van der Waals surface area contributed by atoms with Gasteiger partial charge in [-0.15, -0.1) is 11.8 Å². The summed E-state index contributed by atoms with van der Waals surface area (Å²) in [6.07, 6.45) is 0. The van der Waals surface area contributed by atoms with Crippen LogP contribution in [0, 0.1) is 6.92 Å². The van der Waals surface area contributed by atoms with E-state index < -0.39 is 5.54 Å². The molecule has 0 saturated carbocycles. The third kappa shape index (κ3) is 2.90. The van der Waals surface area contributed by atoms with Gasteiger partial charge in [0.05, 0.1) is 0 Å². The molecule has 0 unspecified atom stereocenters. The molecule has 0 aliphatic carbocycles. The number of hydrogen-bond donors (Lipinski definition) is 2. The smallest absolute Gasteiger partial charge is 0.325 e. The minimum Gasteiger partial charge on any atom is -0.399 e. The monoisotopic (exact) mass is 293 g/mol. The van der Waals surface area contributed by atoms with Gasteiger partial charge in [0.15, 0.2) is 0 Å². The highest BCUT2D eigenvalue weighted by molar-refractivity contribution is 7.99. The van der Waals surface area contributed by atoms with Crippen LogP contribution in [0.3, 0.4) is 0 Å². The highest BCUT2D eigenvalue weighted by Gasteiger charge is 2.43. The van der Waals surface area contributed by atoms with E-state index in [1.54, 1.807) is 25.6 Å². The van der Waals surface area contributed by atoms with Gasteiger partial charge in [-0.2, -0.15) is 0 Å². The van der Waals surface area contributed by atoms with Crippen molar-refractivity contribution in [2.45, 2.75) is 31.2 Å². The van der Waals surface area contributed by atoms with Gasteiger partial charge in [-0.25, -0.2) is 4.79 Å². The van der Waals surface area contributed by atoms with Crippen molar-refractivity contribution in [2.24, 2.45) is 0 Å². The summed E-state index contributed by atoms with van der Waals surface area (Å²) in [7, 11) is 0. The van der Waals surface area contributed by atoms with Crippen LogP contribution in [0.2, 0.25) is 0 Å². The summed E-state index contributed by atoms with van der Waals surface area (Å²) < 4.78 is 0. The quantitative estimate of drug-likeness (QED) is 0.506. The van der Waals surface area contributed by atoms with Gasteiger partial charge in [-0.1, -0.05) is 6.07 Å². The summed E-state index contributed by atoms with van der Waals surface area (Å²) in [5.74, 6) is 0.479. The molecule has 1 fully saturated rings. The first-order chi connectivity index (χ1) is 9.31. The van der Waals surface area contributed by atoms with Gasteiger partial charge in [0, 0.05) is 22.9 Å². The van der Waals surface area contributed by atoms with Crippen molar-refractivity contribution in [3.63, 3.8) is 0 Å². The molecule has 0 bridgehead atoms. The van der Waals surface area contributed by atoms with E-state index in [4.69, 9.17) is 5.73 Å². The van der Waals surface area contributed by atoms with Crippen molar-refractivity contribution >= 4 is 29.4 Å². The number of carbonyl (C=O) groups excluding carboxylic acids is 2. The van der Waals surface area contributed by atoms with Crippen LogP contribution in [0.1, 0.15) is 19.4 Å². The van der Waals surface area contributed by atoms with Crippen molar-refractivity contribution in [1.29, 1.82) is 0 Å². The van der Waals surface area contributed by atoms with Crippen LogP contribution in [0.25, 0.3) is 0 Å². The molecule has 2 rings (SSSR count). The number of nitrogens with two attached hydrogens (primary N) is 1. The Balaban J connectivity index is 1.95. The lowest BCUT2D eigenvalue weighted by molar-refractivity contribution is -0.130. The Morgan fingerprint density at radius 1 is 1.35 bits per heavy atom. The molecule has 1 aromatic carbocycles. The molecule has 0 radical (unpaired) electrons. The van der Waals surface area contributed by atoms with Crippen molar-refractivity contribution in [3.05, 3.63) is 23.8 Å². The summed E-state index contributed by atoms with van der Waals surface area (Å²) in [5, 5.41) is 2.67. The van der Waals surface area contributed by atoms with E-state index in [1.807, 2.05) is 25.1 Å². The van der Waals surface area contributed by atoms with Gasteiger partial charge < -0.3 is 11.1 Å². The maximum absolute atomic E-state index is 12.0. The minimum absolute atomic E-state index is 0.174. The number of urea groups is 1. The third-order valence-corrected chi connectivity index (χ3v) is 4.37. The average molecular weight is 293 g/mol. The topological polar surface area (TPSA) is 75.4 Å². The Morgan fingerprint density at radius 2 is 2.05 bits per heavy atom. The van der Waals surface area contributed by atoms with Gasteiger partial charge >= 0.3 is 6.03 Å². The van der Waals surface area contributed by atoms with Gasteiger partial charge in [0.1, 0.15) is 5.54 Å². The Bertz CT molecular complexity index is 557. The van der Waals surface area contributed by atoms with Gasteiger partial charge in [0.25, 0.3) is 5.91 Å². The van der Waals surface area contributed by atoms with E-state index in [2.05, 4.69) is 5.32 Å². The Labute approximate surface area is 122 Å². The summed E-state index contributed by atoms with van der Waals surface area (Å²) in [4.78, 5) is 26.1. The van der Waals surface area contributed by atoms with Crippen molar-refractivity contribution < 1.29 is 9.59 Å². The number of aryl methyl sites for hydroxylation is 1. The standard InChI is InChI=1S/C14H19N3O2S/c1-9-4-5-10(15)8-11(9)20-7-6-17-12(18)14(2,3)16-13(17)19/h4-5,8H,6-7,15H2,1-3H3,(H,16,19). The number of nitrogens with zero attached hydrogens (tertiary/aromatic N) is 1. The number of anilines is 1. The lowest BCUT2D eigenvalue weighted by Crippen LogP contribution is -2.40. The van der Waals surface area contributed by atoms with E-state index in [-0.39, 0.29) is 11.9 Å². The van der Waals surface area contributed by atoms with E-state index >= 15 is 0 Å². The predicted molar refractivity (Wildman–Crippen MR) is 80.6 cm³/mol. The molecule has 1 aliphatic rings. The summed E-state index contributed by atoms with van der Waals surface area (Å²) in [6.45, 7) is 5.83. The van der Waals surface area contributed by atoms with Crippen LogP contribution >= 0.6 is 11.8 Å². The van der Waals surface area contributed by atoms with Gasteiger partial charge in [-0.3, -0.25) is 9.69 Å². The SMILES string of the molecule is Cc1ccc(N)cc1SCCN1C(=O)NC(C)(C)C1=O. The number of imide groups is 1. The average Bonchev–Trinajstić information content (AvgIpc) is 2.55. The molecule has 3 amide bonds. The summed E-state index contributed by atoms with van der Waals surface area (Å²) >= 11 is 1.60. The number of nitrogen functional groups attached to an aromatic ring is 1. The van der Waals surface area contributed by atoms with Crippen LogP contribution in [0.5, 0.6) is 0 Å². The van der Waals surface area contributed by atoms with Crippen LogP contribution in [-0.2, 0) is 4.79 Å². The molecule has 20 heavy (non-hydrogen) atoms. The van der Waals surface area contributed by atoms with Crippen molar-refractivity contribution in [3.8, 4) is 0 Å². The third-order valence-electron chi connectivity index (χ3n) is 3.23. The molecule has 1 aromatic rings. The summed E-state index contributed by atoms with van der Waals surface area (Å²) in [5.41, 5.74) is 6.82. The Hall–Kier alpha value is -1.69. The Morgan fingerprint density at radius 3 is 2.65 bits per heavy atom. The maximum atomic E-state index is 12.0. The number of rotatable bonds is 4. The van der Waals surface area contributed by atoms with Crippen molar-refractivity contribution in [1.82, 2.24) is 10.2 Å². The zero-order chi connectivity index (χ0) is 14.9. The maximum Gasteiger partial charge on any atom is 0.325 e. The summed E-state index contributed by atoms with van der Waals surface area (Å²) in [6, 6.07) is 5.42. The molecule has 0 spiro atoms. The molecule has 5 nitrogen and oxygen atoms in total. The first kappa shape index (κ1) is 14.7. The Kier molecular flexibility index (Phi) is 3.94. The zero-order valence-corrected chi connectivity index (χ0v) is 12.7. The molecule has 0 aromatic heterocycles. The van der Waals surface area contributed by atoms with Crippen LogP contribution in [0.15, 0.2) is 23.1 Å². The van der Waals surface area contributed by atoms with E-state index in [0.29, 0.717) is 18.0 Å². The zero-order valence-electron chi connectivity index (χ0n) is 11.9. The van der Waals surface area contributed by atoms with Gasteiger partial charge in [-0.05, 0) is 38.5 Å². The molecule has 6 heteroatoms. The second-order valence-corrected chi connectivity index (χ2v) is 6.52. The second kappa shape index (κ2) is 5.36. The van der Waals surface area contributed by atoms with Crippen LogP contribution in [0.4, 0.5) is 10.5 Å². The number of benzene rings is 1. The first-order valence-electron chi connectivity index (χ1n) is 6.44. The number of amides is 3. The minimum atomic E-state index is -0.797. The number of nitrogens with one attached hydrogen (secondary N) is 1. The molecule has 3 N–H and O–H groups in total. The fourth-order valence-corrected chi connectivity index (χ4v) is 3.05. The lowest BCUT2D eigenvalue weighted by Gasteiger charge is -2.16. The van der Waals surface area contributed by atoms with E-state index in [0.717, 1.165) is 10.5 Å². The highest BCUT2D eigenvalue weighted by atomic mass is 32.2. The molecular weight excluding hydrogens is 274 g/mol. The largest absolute Gasteiger partial charge is 0.399 e. The lowest BCUT2D eigenvalue weighted by atomic mass is 10.1. The van der Waals surface area contributed by atoms with E-state index in [1.165, 1.54) is 4.90 Å². The van der Waals surface area contributed by atoms with Crippen LogP contribution < -0.4 is 11.1 Å². The second-order valence-electron chi connectivity index (χ2n) is 5.39. The number of carbonyl (C=O) groups is 2. The van der Waals surface area contributed by atoms with Crippen LogP contribution in [-0.4, -0.2) is 34.7 Å². The predicted octanol–water partition coefficient (Wildman–Crippen LogP) is 2.00. The van der Waals surface area contributed by atoms with E-state index in [9.17, 15) is 9.59 Å². The first-order valence-corrected chi connectivity index (χ1v) is 7.43. The molecule has 1 aliphatic heterocycles.